The molecule has 0 heterocycles. The van der Waals surface area contributed by atoms with Gasteiger partial charge in [-0.1, -0.05) is 30.3 Å². The van der Waals surface area contributed by atoms with Crippen LogP contribution in [0.25, 0.3) is 0 Å². The molecule has 0 radical (unpaired) electrons. The third kappa shape index (κ3) is 8.77. The van der Waals surface area contributed by atoms with Crippen molar-refractivity contribution < 1.29 is 14.3 Å². The highest BCUT2D eigenvalue weighted by atomic mass is 16.5. The average Bonchev–Trinajstić information content (AvgIpc) is 2.55. The first-order valence-electron chi connectivity index (χ1n) is 8.61. The number of benzene rings is 1. The molecule has 0 aliphatic rings. The van der Waals surface area contributed by atoms with Gasteiger partial charge in [-0.15, -0.1) is 0 Å². The summed E-state index contributed by atoms with van der Waals surface area (Å²) in [4.78, 5) is 24.9. The van der Waals surface area contributed by atoms with Gasteiger partial charge in [0.1, 0.15) is 0 Å². The summed E-state index contributed by atoms with van der Waals surface area (Å²) in [6, 6.07) is 8.87. The average molecular weight is 349 g/mol. The van der Waals surface area contributed by atoms with E-state index in [2.05, 4.69) is 10.6 Å². The summed E-state index contributed by atoms with van der Waals surface area (Å²) in [6.07, 6.45) is 1.12. The lowest BCUT2D eigenvalue weighted by atomic mass is 10.00. The van der Waals surface area contributed by atoms with Gasteiger partial charge in [0.25, 0.3) is 5.91 Å². The standard InChI is InChI=1S/C19H31N3O3/c1-19(2,3)22-18(24)17(23)16(12-14-8-6-5-7-9-14)21-13-15(20)10-11-25-4/h5-9,15-16,21H,10-13,20H2,1-4H3,(H,22,24)/t15-,16-/m0/s1. The van der Waals surface area contributed by atoms with E-state index in [1.165, 1.54) is 0 Å². The van der Waals surface area contributed by atoms with Crippen molar-refractivity contribution in [2.45, 2.75) is 51.2 Å². The molecule has 0 aliphatic heterocycles. The molecule has 6 heteroatoms. The molecule has 1 aromatic carbocycles. The Morgan fingerprint density at radius 1 is 1.20 bits per heavy atom. The molecule has 0 saturated carbocycles. The Labute approximate surface area is 150 Å². The van der Waals surface area contributed by atoms with Gasteiger partial charge in [0.15, 0.2) is 0 Å². The Balaban J connectivity index is 2.76. The molecule has 1 rings (SSSR count). The highest BCUT2D eigenvalue weighted by Gasteiger charge is 2.28. The van der Waals surface area contributed by atoms with Gasteiger partial charge in [-0.3, -0.25) is 9.59 Å². The maximum Gasteiger partial charge on any atom is 0.289 e. The number of hydrogen-bond acceptors (Lipinski definition) is 5. The summed E-state index contributed by atoms with van der Waals surface area (Å²) in [5, 5.41) is 5.88. The van der Waals surface area contributed by atoms with Crippen LogP contribution in [0.5, 0.6) is 0 Å². The van der Waals surface area contributed by atoms with Crippen LogP contribution in [0, 0.1) is 0 Å². The fourth-order valence-electron chi connectivity index (χ4n) is 2.33. The number of Topliss-reactive ketones (excluding diaryl/α,β-unsaturated/α-hetero) is 1. The molecule has 0 fully saturated rings. The minimum atomic E-state index is -0.613. The van der Waals surface area contributed by atoms with E-state index in [4.69, 9.17) is 10.5 Å². The number of nitrogens with two attached hydrogens (primary N) is 1. The lowest BCUT2D eigenvalue weighted by Gasteiger charge is -2.24. The number of hydrogen-bond donors (Lipinski definition) is 3. The highest BCUT2D eigenvalue weighted by Crippen LogP contribution is 2.06. The van der Waals surface area contributed by atoms with Gasteiger partial charge in [0.2, 0.25) is 5.78 Å². The Morgan fingerprint density at radius 3 is 2.40 bits per heavy atom. The fraction of sp³-hybridized carbons (Fsp3) is 0.579. The van der Waals surface area contributed by atoms with Gasteiger partial charge in [0.05, 0.1) is 6.04 Å². The number of carbonyl (C=O) groups is 2. The number of ether oxygens (including phenoxy) is 1. The summed E-state index contributed by atoms with van der Waals surface area (Å²) in [6.45, 7) is 6.54. The van der Waals surface area contributed by atoms with E-state index in [0.717, 1.165) is 5.56 Å². The summed E-state index contributed by atoms with van der Waals surface area (Å²) in [5.41, 5.74) is 6.55. The quantitative estimate of drug-likeness (QED) is 0.549. The van der Waals surface area contributed by atoms with Crippen molar-refractivity contribution in [3.63, 3.8) is 0 Å². The van der Waals surface area contributed by atoms with Crippen molar-refractivity contribution in [3.05, 3.63) is 35.9 Å². The van der Waals surface area contributed by atoms with Crippen molar-refractivity contribution in [1.82, 2.24) is 10.6 Å². The normalized spacial score (nSPS) is 14.0. The van der Waals surface area contributed by atoms with Crippen LogP contribution in [0.15, 0.2) is 30.3 Å². The van der Waals surface area contributed by atoms with Crippen molar-refractivity contribution >= 4 is 11.7 Å². The van der Waals surface area contributed by atoms with Gasteiger partial charge in [0, 0.05) is 31.8 Å². The molecule has 2 atom stereocenters. The van der Waals surface area contributed by atoms with Crippen LogP contribution in [0.2, 0.25) is 0 Å². The number of rotatable bonds is 10. The van der Waals surface area contributed by atoms with Crippen LogP contribution in [-0.2, 0) is 20.7 Å². The molecule has 0 spiro atoms. The van der Waals surface area contributed by atoms with E-state index >= 15 is 0 Å². The zero-order valence-electron chi connectivity index (χ0n) is 15.7. The summed E-state index contributed by atoms with van der Waals surface area (Å²) < 4.78 is 5.02. The largest absolute Gasteiger partial charge is 0.385 e. The van der Waals surface area contributed by atoms with Crippen LogP contribution in [0.1, 0.15) is 32.8 Å². The second-order valence-corrected chi connectivity index (χ2v) is 7.26. The predicted molar refractivity (Wildman–Crippen MR) is 99.3 cm³/mol. The van der Waals surface area contributed by atoms with Crippen molar-refractivity contribution in [1.29, 1.82) is 0 Å². The summed E-state index contributed by atoms with van der Waals surface area (Å²) in [7, 11) is 1.62. The molecule has 25 heavy (non-hydrogen) atoms. The molecule has 0 unspecified atom stereocenters. The van der Waals surface area contributed by atoms with E-state index < -0.39 is 23.3 Å². The Bertz CT molecular complexity index is 541. The van der Waals surface area contributed by atoms with Crippen molar-refractivity contribution in [2.75, 3.05) is 20.3 Å². The molecule has 0 saturated heterocycles. The second-order valence-electron chi connectivity index (χ2n) is 7.26. The molecule has 6 nitrogen and oxygen atoms in total. The Morgan fingerprint density at radius 2 is 1.84 bits per heavy atom. The van der Waals surface area contributed by atoms with Crippen molar-refractivity contribution in [3.8, 4) is 0 Å². The Hall–Kier alpha value is -1.76. The lowest BCUT2D eigenvalue weighted by molar-refractivity contribution is -0.140. The minimum absolute atomic E-state index is 0.142. The molecule has 140 valence electrons. The van der Waals surface area contributed by atoms with Gasteiger partial charge >= 0.3 is 0 Å². The van der Waals surface area contributed by atoms with Crippen LogP contribution in [-0.4, -0.2) is 49.6 Å². The molecular formula is C19H31N3O3. The third-order valence-electron chi connectivity index (χ3n) is 3.63. The van der Waals surface area contributed by atoms with E-state index in [9.17, 15) is 9.59 Å². The molecule has 0 aromatic heterocycles. The minimum Gasteiger partial charge on any atom is -0.385 e. The smallest absolute Gasteiger partial charge is 0.289 e. The molecule has 1 aromatic rings. The zero-order valence-corrected chi connectivity index (χ0v) is 15.7. The summed E-state index contributed by atoms with van der Waals surface area (Å²) >= 11 is 0. The van der Waals surface area contributed by atoms with E-state index in [-0.39, 0.29) is 6.04 Å². The molecule has 1 amide bonds. The first kappa shape index (κ1) is 21.3. The Kier molecular flexibility index (Phi) is 8.75. The number of nitrogens with one attached hydrogen (secondary N) is 2. The SMILES string of the molecule is COCC[C@H](N)CN[C@@H](Cc1ccccc1)C(=O)C(=O)NC(C)(C)C. The first-order chi connectivity index (χ1) is 11.7. The predicted octanol–water partition coefficient (Wildman–Crippen LogP) is 1.03. The molecule has 4 N–H and O–H groups in total. The van der Waals surface area contributed by atoms with Crippen LogP contribution in [0.3, 0.4) is 0 Å². The monoisotopic (exact) mass is 349 g/mol. The number of methoxy groups -OCH3 is 1. The third-order valence-corrected chi connectivity index (χ3v) is 3.63. The van der Waals surface area contributed by atoms with E-state index in [1.54, 1.807) is 7.11 Å². The maximum atomic E-state index is 12.6. The van der Waals surface area contributed by atoms with Crippen LogP contribution >= 0.6 is 0 Å². The summed E-state index contributed by atoms with van der Waals surface area (Å²) in [5.74, 6) is -1.05. The molecule has 0 bridgehead atoms. The second kappa shape index (κ2) is 10.3. The highest BCUT2D eigenvalue weighted by molar-refractivity contribution is 6.38. The van der Waals surface area contributed by atoms with Gasteiger partial charge < -0.3 is 21.1 Å². The van der Waals surface area contributed by atoms with E-state index in [1.807, 2.05) is 51.1 Å². The number of ketones is 1. The number of amides is 1. The maximum absolute atomic E-state index is 12.6. The van der Waals surface area contributed by atoms with Crippen LogP contribution < -0.4 is 16.4 Å². The van der Waals surface area contributed by atoms with Crippen LogP contribution in [0.4, 0.5) is 0 Å². The molecule has 0 aliphatic carbocycles. The van der Waals surface area contributed by atoms with Gasteiger partial charge in [-0.25, -0.2) is 0 Å². The number of carbonyl (C=O) groups excluding carboxylic acids is 2. The van der Waals surface area contributed by atoms with Gasteiger partial charge in [-0.2, -0.15) is 0 Å². The lowest BCUT2D eigenvalue weighted by Crippen LogP contribution is -2.53. The fourth-order valence-corrected chi connectivity index (χ4v) is 2.33. The van der Waals surface area contributed by atoms with E-state index in [0.29, 0.717) is 26.0 Å². The molecular weight excluding hydrogens is 318 g/mol. The van der Waals surface area contributed by atoms with Crippen molar-refractivity contribution in [2.24, 2.45) is 5.73 Å². The topological polar surface area (TPSA) is 93.4 Å². The van der Waals surface area contributed by atoms with Gasteiger partial charge in [-0.05, 0) is 39.2 Å². The zero-order chi connectivity index (χ0) is 18.9. The first-order valence-corrected chi connectivity index (χ1v) is 8.61.